The third-order valence-electron chi connectivity index (χ3n) is 0.303. The van der Waals surface area contributed by atoms with Gasteiger partial charge in [0.05, 0.1) is 6.42 Å². The quantitative estimate of drug-likeness (QED) is 0.370. The van der Waals surface area contributed by atoms with Gasteiger partial charge in [-0.25, -0.2) is 0 Å². The summed E-state index contributed by atoms with van der Waals surface area (Å²) in [5.74, 6) is 1.73. The molecule has 3 heteroatoms. The Morgan fingerprint density at radius 3 is 2.14 bits per heavy atom. The van der Waals surface area contributed by atoms with Gasteiger partial charge in [-0.05, 0) is 11.6 Å². The summed E-state index contributed by atoms with van der Waals surface area (Å²) in [7, 11) is 0. The van der Waals surface area contributed by atoms with E-state index in [1.807, 2.05) is 0 Å². The second-order valence-corrected chi connectivity index (χ2v) is 1.55. The van der Waals surface area contributed by atoms with Crippen LogP contribution >= 0.6 is 11.6 Å². The van der Waals surface area contributed by atoms with Gasteiger partial charge in [0.25, 0.3) is 0 Å². The van der Waals surface area contributed by atoms with Crippen molar-refractivity contribution < 1.29 is 8.78 Å². The first-order valence-electron chi connectivity index (χ1n) is 1.56. The molecule has 0 bridgehead atoms. The highest BCUT2D eigenvalue weighted by atomic mass is 35.5. The molecular formula is C4H3ClF2. The Bertz CT molecular complexity index is 86.8. The van der Waals surface area contributed by atoms with Crippen LogP contribution in [0.4, 0.5) is 8.78 Å². The summed E-state index contributed by atoms with van der Waals surface area (Å²) in [6.07, 6.45) is 3.80. The van der Waals surface area contributed by atoms with E-state index in [1.165, 1.54) is 0 Å². The van der Waals surface area contributed by atoms with Gasteiger partial charge >= 0.3 is 5.38 Å². The van der Waals surface area contributed by atoms with Crippen molar-refractivity contribution in [3.8, 4) is 12.3 Å². The summed E-state index contributed by atoms with van der Waals surface area (Å²) in [6.45, 7) is 0. The summed E-state index contributed by atoms with van der Waals surface area (Å²) in [6, 6.07) is 0. The van der Waals surface area contributed by atoms with E-state index in [4.69, 9.17) is 0 Å². The van der Waals surface area contributed by atoms with Crippen molar-refractivity contribution in [2.75, 3.05) is 0 Å². The molecule has 0 aromatic heterocycles. The second kappa shape index (κ2) is 2.13. The van der Waals surface area contributed by atoms with E-state index >= 15 is 0 Å². The molecule has 0 aliphatic carbocycles. The monoisotopic (exact) mass is 124 g/mol. The molecule has 0 radical (unpaired) electrons. The van der Waals surface area contributed by atoms with Crippen LogP contribution in [0.3, 0.4) is 0 Å². The Morgan fingerprint density at radius 1 is 1.71 bits per heavy atom. The minimum Gasteiger partial charge on any atom is -0.187 e. The largest absolute Gasteiger partial charge is 0.332 e. The van der Waals surface area contributed by atoms with Crippen molar-refractivity contribution in [3.05, 3.63) is 0 Å². The Balaban J connectivity index is 3.40. The van der Waals surface area contributed by atoms with Gasteiger partial charge in [-0.1, -0.05) is 5.92 Å². The van der Waals surface area contributed by atoms with Crippen LogP contribution in [0.25, 0.3) is 0 Å². The molecule has 0 fully saturated rings. The molecule has 0 amide bonds. The molecule has 0 aromatic rings. The molecule has 0 aromatic carbocycles. The molecule has 0 N–H and O–H groups in total. The lowest BCUT2D eigenvalue weighted by Gasteiger charge is -1.98. The molecule has 0 saturated carbocycles. The summed E-state index contributed by atoms with van der Waals surface area (Å²) in [4.78, 5) is 0. The highest BCUT2D eigenvalue weighted by Gasteiger charge is 2.21. The van der Waals surface area contributed by atoms with Gasteiger partial charge in [-0.15, -0.1) is 6.42 Å². The maximum atomic E-state index is 11.3. The lowest BCUT2D eigenvalue weighted by molar-refractivity contribution is 0.103. The maximum Gasteiger partial charge on any atom is 0.332 e. The minimum atomic E-state index is -3.21. The molecule has 0 rings (SSSR count). The predicted octanol–water partition coefficient (Wildman–Crippen LogP) is 1.84. The molecule has 7 heavy (non-hydrogen) atoms. The van der Waals surface area contributed by atoms with Crippen molar-refractivity contribution in [1.82, 2.24) is 0 Å². The first-order chi connectivity index (χ1) is 3.06. The van der Waals surface area contributed by atoms with Crippen molar-refractivity contribution in [2.45, 2.75) is 11.8 Å². The third-order valence-corrected chi connectivity index (χ3v) is 0.436. The molecule has 0 heterocycles. The van der Waals surface area contributed by atoms with Gasteiger partial charge < -0.3 is 0 Å². The third kappa shape index (κ3) is 5.71. The number of halogens is 3. The molecule has 0 unspecified atom stereocenters. The zero-order valence-electron chi connectivity index (χ0n) is 3.42. The molecule has 0 nitrogen and oxygen atoms in total. The lowest BCUT2D eigenvalue weighted by atomic mass is 10.5. The van der Waals surface area contributed by atoms with Crippen molar-refractivity contribution in [2.24, 2.45) is 0 Å². The van der Waals surface area contributed by atoms with Gasteiger partial charge in [0.2, 0.25) is 0 Å². The first kappa shape index (κ1) is 6.71. The Morgan fingerprint density at radius 2 is 2.14 bits per heavy atom. The van der Waals surface area contributed by atoms with Crippen molar-refractivity contribution in [3.63, 3.8) is 0 Å². The van der Waals surface area contributed by atoms with Crippen LogP contribution in [-0.2, 0) is 0 Å². The van der Waals surface area contributed by atoms with Crippen molar-refractivity contribution >= 4 is 11.6 Å². The fourth-order valence-electron chi connectivity index (χ4n) is 0.116. The number of hydrogen-bond acceptors (Lipinski definition) is 0. The first-order valence-corrected chi connectivity index (χ1v) is 1.94. The zero-order chi connectivity index (χ0) is 5.91. The van der Waals surface area contributed by atoms with Crippen molar-refractivity contribution in [1.29, 1.82) is 0 Å². The maximum absolute atomic E-state index is 11.3. The molecule has 0 saturated heterocycles. The van der Waals surface area contributed by atoms with Crippen LogP contribution < -0.4 is 0 Å². The molecular weight excluding hydrogens is 121 g/mol. The fourth-order valence-corrected chi connectivity index (χ4v) is 0.193. The highest BCUT2D eigenvalue weighted by molar-refractivity contribution is 6.21. The summed E-state index contributed by atoms with van der Waals surface area (Å²) in [5.41, 5.74) is 0. The topological polar surface area (TPSA) is 0 Å². The fraction of sp³-hybridized carbons (Fsp3) is 0.500. The van der Waals surface area contributed by atoms with E-state index in [0.717, 1.165) is 0 Å². The zero-order valence-corrected chi connectivity index (χ0v) is 4.17. The van der Waals surface area contributed by atoms with Crippen LogP contribution in [-0.4, -0.2) is 5.38 Å². The van der Waals surface area contributed by atoms with Gasteiger partial charge in [0, 0.05) is 0 Å². The normalized spacial score (nSPS) is 10.6. The van der Waals surface area contributed by atoms with Crippen LogP contribution in [0.2, 0.25) is 0 Å². The highest BCUT2D eigenvalue weighted by Crippen LogP contribution is 2.21. The van der Waals surface area contributed by atoms with E-state index in [9.17, 15) is 8.78 Å². The second-order valence-electron chi connectivity index (χ2n) is 0.996. The van der Waals surface area contributed by atoms with Crippen LogP contribution in [0.15, 0.2) is 0 Å². The number of terminal acetylenes is 1. The molecule has 0 aliphatic heterocycles. The van der Waals surface area contributed by atoms with Crippen LogP contribution in [0.1, 0.15) is 6.42 Å². The number of alkyl halides is 3. The Hall–Kier alpha value is -0.290. The molecule has 0 spiro atoms. The van der Waals surface area contributed by atoms with E-state index in [2.05, 4.69) is 18.0 Å². The molecule has 40 valence electrons. The standard InChI is InChI=1S/C4H3ClF2/c1-2-3-4(5,6)7/h1H,3H2. The average molecular weight is 125 g/mol. The van der Waals surface area contributed by atoms with E-state index < -0.39 is 11.8 Å². The van der Waals surface area contributed by atoms with Gasteiger partial charge in [-0.2, -0.15) is 8.78 Å². The average Bonchev–Trinajstić information content (AvgIpc) is 1.30. The lowest BCUT2D eigenvalue weighted by Crippen LogP contribution is -2.01. The SMILES string of the molecule is C#CCC(F)(F)Cl. The van der Waals surface area contributed by atoms with Gasteiger partial charge in [0.15, 0.2) is 0 Å². The molecule has 0 atom stereocenters. The summed E-state index contributed by atoms with van der Waals surface area (Å²) < 4.78 is 22.7. The van der Waals surface area contributed by atoms with Crippen LogP contribution in [0.5, 0.6) is 0 Å². The predicted molar refractivity (Wildman–Crippen MR) is 24.2 cm³/mol. The van der Waals surface area contributed by atoms with Gasteiger partial charge in [0.1, 0.15) is 0 Å². The van der Waals surface area contributed by atoms with Gasteiger partial charge in [-0.3, -0.25) is 0 Å². The Kier molecular flexibility index (Phi) is 2.04. The summed E-state index contributed by atoms with van der Waals surface area (Å²) in [5, 5.41) is -3.21. The van der Waals surface area contributed by atoms with Crippen LogP contribution in [0, 0.1) is 12.3 Å². The number of rotatable bonds is 1. The van der Waals surface area contributed by atoms with E-state index in [1.54, 1.807) is 5.92 Å². The smallest absolute Gasteiger partial charge is 0.187 e. The number of hydrogen-bond donors (Lipinski definition) is 0. The minimum absolute atomic E-state index is 0.700. The van der Waals surface area contributed by atoms with E-state index in [-0.39, 0.29) is 0 Å². The molecule has 0 aliphatic rings. The van der Waals surface area contributed by atoms with E-state index in [0.29, 0.717) is 0 Å². The Labute approximate surface area is 45.5 Å². The summed E-state index contributed by atoms with van der Waals surface area (Å²) >= 11 is 4.36.